The number of aromatic amines is 1. The van der Waals surface area contributed by atoms with Gasteiger partial charge in [-0.15, -0.1) is 0 Å². The molecule has 2 aliphatic rings. The van der Waals surface area contributed by atoms with Crippen molar-refractivity contribution in [3.63, 3.8) is 0 Å². The summed E-state index contributed by atoms with van der Waals surface area (Å²) in [6.07, 6.45) is 8.05. The van der Waals surface area contributed by atoms with E-state index in [-0.39, 0.29) is 29.3 Å². The second kappa shape index (κ2) is 7.99. The van der Waals surface area contributed by atoms with Crippen LogP contribution >= 0.6 is 11.6 Å². The molecule has 1 amide bonds. The fourth-order valence-corrected chi connectivity index (χ4v) is 5.32. The number of alkyl halides is 1. The number of aromatic nitrogens is 5. The van der Waals surface area contributed by atoms with Crippen LogP contribution in [-0.4, -0.2) is 49.9 Å². The van der Waals surface area contributed by atoms with E-state index < -0.39 is 23.8 Å². The topological polar surface area (TPSA) is 97.2 Å². The van der Waals surface area contributed by atoms with Gasteiger partial charge in [-0.2, -0.15) is 5.10 Å². The molecular formula is C23H21ClF2N6O2. The predicted octanol–water partition coefficient (Wildman–Crippen LogP) is 4.64. The molecule has 2 saturated carbocycles. The molecule has 2 unspecified atom stereocenters. The van der Waals surface area contributed by atoms with Gasteiger partial charge in [-0.25, -0.2) is 13.8 Å². The van der Waals surface area contributed by atoms with Crippen LogP contribution in [0.4, 0.5) is 14.6 Å². The van der Waals surface area contributed by atoms with Crippen LogP contribution in [0.3, 0.4) is 0 Å². The molecule has 176 valence electrons. The highest BCUT2D eigenvalue weighted by Crippen LogP contribution is 2.45. The maximum atomic E-state index is 15.7. The second-order valence-corrected chi connectivity index (χ2v) is 9.28. The molecule has 3 aromatic heterocycles. The van der Waals surface area contributed by atoms with Crippen molar-refractivity contribution in [3.8, 4) is 11.3 Å². The summed E-state index contributed by atoms with van der Waals surface area (Å²) in [7, 11) is 1.64. The predicted molar refractivity (Wildman–Crippen MR) is 122 cm³/mol. The molecule has 0 bridgehead atoms. The summed E-state index contributed by atoms with van der Waals surface area (Å²) in [4.78, 5) is 20.8. The van der Waals surface area contributed by atoms with Gasteiger partial charge in [0, 0.05) is 35.7 Å². The van der Waals surface area contributed by atoms with Crippen LogP contribution in [0.25, 0.3) is 27.8 Å². The first-order valence-corrected chi connectivity index (χ1v) is 11.5. The number of rotatable bonds is 5. The number of hydrogen-bond donors (Lipinski definition) is 2. The lowest BCUT2D eigenvalue weighted by Gasteiger charge is -2.21. The Morgan fingerprint density at radius 1 is 1.32 bits per heavy atom. The van der Waals surface area contributed by atoms with Gasteiger partial charge in [0.05, 0.1) is 46.8 Å². The number of amides is 1. The molecule has 2 fully saturated rings. The monoisotopic (exact) mass is 486 g/mol. The quantitative estimate of drug-likeness (QED) is 0.428. The zero-order valence-electron chi connectivity index (χ0n) is 18.2. The molecule has 4 atom stereocenters. The summed E-state index contributed by atoms with van der Waals surface area (Å²) in [6.45, 7) is 0. The summed E-state index contributed by atoms with van der Waals surface area (Å²) in [6, 6.07) is 0. The van der Waals surface area contributed by atoms with E-state index in [9.17, 15) is 9.18 Å². The highest BCUT2D eigenvalue weighted by atomic mass is 35.5. The molecule has 3 heterocycles. The van der Waals surface area contributed by atoms with E-state index in [0.717, 1.165) is 19.3 Å². The van der Waals surface area contributed by atoms with Crippen molar-refractivity contribution in [1.82, 2.24) is 24.6 Å². The molecule has 0 saturated heterocycles. The maximum absolute atomic E-state index is 15.7. The van der Waals surface area contributed by atoms with Crippen LogP contribution in [0.1, 0.15) is 37.2 Å². The van der Waals surface area contributed by atoms with Gasteiger partial charge in [-0.1, -0.05) is 18.0 Å². The Balaban J connectivity index is 1.42. The number of imidazole rings is 1. The van der Waals surface area contributed by atoms with Crippen LogP contribution in [0.15, 0.2) is 24.8 Å². The minimum absolute atomic E-state index is 0.0335. The van der Waals surface area contributed by atoms with Gasteiger partial charge in [0.2, 0.25) is 5.91 Å². The summed E-state index contributed by atoms with van der Waals surface area (Å²) in [5.74, 6) is -1.36. The standard InChI is InChI=1S/C23H21ClF2N6O2/c1-34-15-4-2-3-10(15)19-21(26)20(24)18(12-6-28-31-22(12)19)14-8-32-9-16(29-17(32)7-27-14)30-23(33)11-5-13(11)25/h6-11,13,15H,2-5H2,1H3,(H,28,31)(H,30,33)/t10?,11-,13+,15?/m1/s1. The van der Waals surface area contributed by atoms with Gasteiger partial charge >= 0.3 is 0 Å². The minimum atomic E-state index is -1.09. The van der Waals surface area contributed by atoms with Gasteiger partial charge in [-0.3, -0.25) is 14.9 Å². The smallest absolute Gasteiger partial charge is 0.231 e. The number of hydrogen-bond acceptors (Lipinski definition) is 5. The van der Waals surface area contributed by atoms with Gasteiger partial charge in [0.1, 0.15) is 12.0 Å². The van der Waals surface area contributed by atoms with Gasteiger partial charge in [-0.05, 0) is 19.3 Å². The molecule has 11 heteroatoms. The Morgan fingerprint density at radius 3 is 2.91 bits per heavy atom. The molecule has 0 aliphatic heterocycles. The van der Waals surface area contributed by atoms with Gasteiger partial charge in [0.15, 0.2) is 11.5 Å². The van der Waals surface area contributed by atoms with Crippen molar-refractivity contribution in [2.75, 3.05) is 12.4 Å². The first kappa shape index (κ1) is 21.4. The molecule has 0 spiro atoms. The number of carbonyl (C=O) groups is 1. The number of halogens is 3. The number of ether oxygens (including phenoxy) is 1. The first-order valence-electron chi connectivity index (χ1n) is 11.1. The zero-order chi connectivity index (χ0) is 23.6. The third-order valence-electron chi connectivity index (χ3n) is 6.85. The molecule has 34 heavy (non-hydrogen) atoms. The average molecular weight is 487 g/mol. The number of anilines is 1. The molecule has 8 nitrogen and oxygen atoms in total. The van der Waals surface area contributed by atoms with E-state index in [2.05, 4.69) is 25.5 Å². The SMILES string of the molecule is COC1CCCC1c1c(F)c(Cl)c(-c2cn3cc(NC(=O)[C@@H]4C[C@@H]4F)nc3cn2)c2cn[nH]c12. The Labute approximate surface area is 197 Å². The van der Waals surface area contributed by atoms with Gasteiger partial charge in [0.25, 0.3) is 0 Å². The first-order chi connectivity index (χ1) is 16.5. The lowest BCUT2D eigenvalue weighted by Crippen LogP contribution is -2.16. The van der Waals surface area contributed by atoms with E-state index in [1.54, 1.807) is 30.1 Å². The van der Waals surface area contributed by atoms with E-state index in [4.69, 9.17) is 16.3 Å². The Bertz CT molecular complexity index is 1440. The number of methoxy groups -OCH3 is 1. The molecule has 6 rings (SSSR count). The minimum Gasteiger partial charge on any atom is -0.381 e. The van der Waals surface area contributed by atoms with Crippen LogP contribution in [0, 0.1) is 11.7 Å². The van der Waals surface area contributed by atoms with E-state index in [1.807, 2.05) is 0 Å². The number of H-pyrrole nitrogens is 1. The number of fused-ring (bicyclic) bond motifs is 2. The third kappa shape index (κ3) is 3.35. The number of nitrogens with one attached hydrogen (secondary N) is 2. The van der Waals surface area contributed by atoms with E-state index >= 15 is 4.39 Å². The molecule has 2 aliphatic carbocycles. The van der Waals surface area contributed by atoms with Crippen molar-refractivity contribution >= 4 is 39.9 Å². The van der Waals surface area contributed by atoms with Crippen LogP contribution in [-0.2, 0) is 9.53 Å². The van der Waals surface area contributed by atoms with Gasteiger partial charge < -0.3 is 14.5 Å². The summed E-state index contributed by atoms with van der Waals surface area (Å²) in [5, 5.41) is 10.4. The number of benzene rings is 1. The van der Waals surface area contributed by atoms with Crippen LogP contribution < -0.4 is 5.32 Å². The fourth-order valence-electron chi connectivity index (χ4n) is 5.02. The molecule has 4 aromatic rings. The maximum Gasteiger partial charge on any atom is 0.231 e. The highest BCUT2D eigenvalue weighted by molar-refractivity contribution is 6.35. The van der Waals surface area contributed by atoms with Crippen molar-refractivity contribution < 1.29 is 18.3 Å². The van der Waals surface area contributed by atoms with Crippen LogP contribution in [0.5, 0.6) is 0 Å². The fraction of sp³-hybridized carbons (Fsp3) is 0.391. The molecule has 1 aromatic carbocycles. The van der Waals surface area contributed by atoms with Crippen molar-refractivity contribution in [3.05, 3.63) is 41.2 Å². The summed E-state index contributed by atoms with van der Waals surface area (Å²) < 4.78 is 36.1. The van der Waals surface area contributed by atoms with E-state index in [1.165, 1.54) is 6.20 Å². The lowest BCUT2D eigenvalue weighted by atomic mass is 9.91. The zero-order valence-corrected chi connectivity index (χ0v) is 18.9. The van der Waals surface area contributed by atoms with Crippen molar-refractivity contribution in [2.45, 2.75) is 43.9 Å². The lowest BCUT2D eigenvalue weighted by molar-refractivity contribution is -0.117. The summed E-state index contributed by atoms with van der Waals surface area (Å²) >= 11 is 6.60. The van der Waals surface area contributed by atoms with Crippen molar-refractivity contribution in [2.24, 2.45) is 5.92 Å². The van der Waals surface area contributed by atoms with E-state index in [0.29, 0.717) is 33.4 Å². The average Bonchev–Trinajstić information content (AvgIpc) is 3.22. The Kier molecular flexibility index (Phi) is 5.03. The molecule has 0 radical (unpaired) electrons. The highest BCUT2D eigenvalue weighted by Gasteiger charge is 2.43. The molecular weight excluding hydrogens is 466 g/mol. The number of carbonyl (C=O) groups excluding carboxylic acids is 1. The van der Waals surface area contributed by atoms with Crippen LogP contribution in [0.2, 0.25) is 5.02 Å². The number of nitrogens with zero attached hydrogens (tertiary/aromatic N) is 4. The Hall–Kier alpha value is -3.11. The largest absolute Gasteiger partial charge is 0.381 e. The van der Waals surface area contributed by atoms with Crippen molar-refractivity contribution in [1.29, 1.82) is 0 Å². The normalized spacial score (nSPS) is 24.2. The summed E-state index contributed by atoms with van der Waals surface area (Å²) in [5.41, 5.74) is 2.38. The molecule has 2 N–H and O–H groups in total. The Morgan fingerprint density at radius 2 is 2.15 bits per heavy atom. The third-order valence-corrected chi connectivity index (χ3v) is 7.21. The second-order valence-electron chi connectivity index (χ2n) is 8.90.